The van der Waals surface area contributed by atoms with Gasteiger partial charge in [0.05, 0.1) is 46.1 Å². The van der Waals surface area contributed by atoms with E-state index in [-0.39, 0.29) is 56.1 Å². The van der Waals surface area contributed by atoms with Crippen molar-refractivity contribution in [3.63, 3.8) is 0 Å². The molecule has 0 aliphatic heterocycles. The van der Waals surface area contributed by atoms with E-state index in [9.17, 15) is 24.0 Å². The fourth-order valence-corrected chi connectivity index (χ4v) is 5.74. The third kappa shape index (κ3) is 33.8. The molecule has 13 nitrogen and oxygen atoms in total. The van der Waals surface area contributed by atoms with Gasteiger partial charge in [0, 0.05) is 38.3 Å². The number of carboxylic acids is 1. The molecule has 2 atom stereocenters. The topological polar surface area (TPSA) is 176 Å². The molecule has 0 saturated heterocycles. The van der Waals surface area contributed by atoms with Gasteiger partial charge in [-0.3, -0.25) is 24.0 Å². The van der Waals surface area contributed by atoms with E-state index in [1.54, 1.807) is 0 Å². The second-order valence-corrected chi connectivity index (χ2v) is 13.0. The number of amides is 2. The molecule has 49 heavy (non-hydrogen) atoms. The zero-order valence-corrected chi connectivity index (χ0v) is 31.1. The van der Waals surface area contributed by atoms with Crippen molar-refractivity contribution < 1.29 is 52.8 Å². The lowest BCUT2D eigenvalue weighted by atomic mass is 10.0. The molecule has 2 amide bonds. The molecule has 0 saturated carbocycles. The van der Waals surface area contributed by atoms with Crippen LogP contribution in [0.3, 0.4) is 0 Å². The summed E-state index contributed by atoms with van der Waals surface area (Å²) in [5.74, 6) is -1.95. The summed E-state index contributed by atoms with van der Waals surface area (Å²) >= 11 is 1.31. The Balaban J connectivity index is 4.49. The van der Waals surface area contributed by atoms with Crippen molar-refractivity contribution in [1.29, 1.82) is 0 Å². The molecule has 0 aliphatic carbocycles. The van der Waals surface area contributed by atoms with Gasteiger partial charge in [-0.05, 0) is 6.42 Å². The van der Waals surface area contributed by atoms with Crippen LogP contribution in [0.25, 0.3) is 0 Å². The van der Waals surface area contributed by atoms with Gasteiger partial charge in [-0.25, -0.2) is 0 Å². The first-order valence-corrected chi connectivity index (χ1v) is 19.2. The molecular weight excluding hydrogens is 656 g/mol. The highest BCUT2D eigenvalue weighted by Crippen LogP contribution is 2.14. The maximum Gasteiger partial charge on any atom is 0.305 e. The van der Waals surface area contributed by atoms with E-state index < -0.39 is 30.1 Å². The van der Waals surface area contributed by atoms with Gasteiger partial charge < -0.3 is 39.4 Å². The Bertz CT molecular complexity index is 879. The molecule has 0 radical (unpaired) electrons. The van der Waals surface area contributed by atoms with Crippen molar-refractivity contribution in [2.24, 2.45) is 0 Å². The molecule has 0 aliphatic rings. The van der Waals surface area contributed by atoms with Gasteiger partial charge >= 0.3 is 17.9 Å². The fourth-order valence-electron chi connectivity index (χ4n) is 4.70. The van der Waals surface area contributed by atoms with Crippen LogP contribution in [-0.2, 0) is 47.7 Å². The van der Waals surface area contributed by atoms with Gasteiger partial charge in [-0.2, -0.15) is 11.8 Å². The van der Waals surface area contributed by atoms with Crippen molar-refractivity contribution in [1.82, 2.24) is 10.6 Å². The van der Waals surface area contributed by atoms with Gasteiger partial charge in [0.2, 0.25) is 11.8 Å². The minimum Gasteiger partial charge on any atom is -0.481 e. The lowest BCUT2D eigenvalue weighted by molar-refractivity contribution is -0.154. The van der Waals surface area contributed by atoms with Crippen LogP contribution in [0, 0.1) is 0 Å². The second-order valence-electron chi connectivity index (χ2n) is 12.0. The van der Waals surface area contributed by atoms with E-state index >= 15 is 0 Å². The summed E-state index contributed by atoms with van der Waals surface area (Å²) in [7, 11) is 0. The Hall–Kier alpha value is -2.42. The van der Waals surface area contributed by atoms with Gasteiger partial charge in [0.25, 0.3) is 0 Å². The van der Waals surface area contributed by atoms with E-state index in [1.165, 1.54) is 89.8 Å². The first kappa shape index (κ1) is 46.6. The molecule has 0 unspecified atom stereocenters. The summed E-state index contributed by atoms with van der Waals surface area (Å²) < 4.78 is 26.2. The lowest BCUT2D eigenvalue weighted by Crippen LogP contribution is -2.49. The monoisotopic (exact) mass is 720 g/mol. The number of hydrogen-bond donors (Lipinski definition) is 3. The second kappa shape index (κ2) is 34.0. The number of esters is 2. The van der Waals surface area contributed by atoms with E-state index in [0.717, 1.165) is 19.3 Å². The lowest BCUT2D eigenvalue weighted by Gasteiger charge is -2.20. The molecule has 0 spiro atoms. The number of ether oxygens (including phenoxy) is 5. The number of thioether (sulfide) groups is 1. The predicted molar refractivity (Wildman–Crippen MR) is 189 cm³/mol. The highest BCUT2D eigenvalue weighted by Gasteiger charge is 2.22. The molecule has 0 aromatic rings. The number of carboxylic acid groups (broad SMARTS) is 1. The van der Waals surface area contributed by atoms with Crippen LogP contribution in [0.15, 0.2) is 0 Å². The van der Waals surface area contributed by atoms with Gasteiger partial charge in [-0.15, -0.1) is 0 Å². The molecule has 286 valence electrons. The smallest absolute Gasteiger partial charge is 0.305 e. The number of hydrogen-bond acceptors (Lipinski definition) is 11. The maximum absolute atomic E-state index is 13.0. The Labute approximate surface area is 298 Å². The van der Waals surface area contributed by atoms with Crippen molar-refractivity contribution in [3.05, 3.63) is 0 Å². The maximum atomic E-state index is 13.0. The van der Waals surface area contributed by atoms with E-state index in [0.29, 0.717) is 32.8 Å². The Kier molecular flexibility index (Phi) is 32.4. The van der Waals surface area contributed by atoms with Gasteiger partial charge in [0.15, 0.2) is 0 Å². The van der Waals surface area contributed by atoms with Crippen LogP contribution in [-0.4, -0.2) is 111 Å². The number of carbonyl (C=O) groups excluding carboxylic acids is 4. The molecule has 14 heteroatoms. The van der Waals surface area contributed by atoms with Crippen LogP contribution in [0.4, 0.5) is 0 Å². The molecule has 0 bridgehead atoms. The number of rotatable bonds is 35. The Morgan fingerprint density at radius 1 is 0.653 bits per heavy atom. The minimum atomic E-state index is -0.914. The summed E-state index contributed by atoms with van der Waals surface area (Å²) in [4.78, 5) is 58.9. The highest BCUT2D eigenvalue weighted by molar-refractivity contribution is 7.99. The predicted octanol–water partition coefficient (Wildman–Crippen LogP) is 4.82. The molecule has 0 aromatic carbocycles. The number of carbonyl (C=O) groups is 5. The van der Waals surface area contributed by atoms with E-state index in [2.05, 4.69) is 17.6 Å². The Morgan fingerprint density at radius 3 is 1.71 bits per heavy atom. The normalized spacial score (nSPS) is 12.2. The van der Waals surface area contributed by atoms with Crippen LogP contribution < -0.4 is 10.6 Å². The van der Waals surface area contributed by atoms with E-state index in [1.807, 2.05) is 0 Å². The third-order valence-corrected chi connectivity index (χ3v) is 8.48. The van der Waals surface area contributed by atoms with Crippen LogP contribution in [0.5, 0.6) is 0 Å². The molecular formula is C35H64N2O11S. The average Bonchev–Trinajstić information content (AvgIpc) is 3.05. The van der Waals surface area contributed by atoms with Crippen molar-refractivity contribution in [2.45, 2.75) is 129 Å². The summed E-state index contributed by atoms with van der Waals surface area (Å²) in [6, 6.07) is -0.810. The molecule has 0 heterocycles. The molecule has 3 N–H and O–H groups in total. The largest absolute Gasteiger partial charge is 0.481 e. The van der Waals surface area contributed by atoms with Gasteiger partial charge in [0.1, 0.15) is 18.8 Å². The summed E-state index contributed by atoms with van der Waals surface area (Å²) in [5, 5.41) is 14.2. The third-order valence-electron chi connectivity index (χ3n) is 7.30. The molecule has 0 fully saturated rings. The number of nitrogens with one attached hydrogen (secondary N) is 2. The van der Waals surface area contributed by atoms with Gasteiger partial charge in [-0.1, -0.05) is 84.0 Å². The van der Waals surface area contributed by atoms with Crippen LogP contribution in [0.2, 0.25) is 0 Å². The van der Waals surface area contributed by atoms with Crippen molar-refractivity contribution in [3.8, 4) is 0 Å². The van der Waals surface area contributed by atoms with Crippen molar-refractivity contribution >= 4 is 41.5 Å². The van der Waals surface area contributed by atoms with Crippen molar-refractivity contribution in [2.75, 3.05) is 64.3 Å². The molecule has 0 rings (SSSR count). The minimum absolute atomic E-state index is 0.0532. The SMILES string of the molecule is CCCCCCCCCCCCCCCC(=O)N[C@@H](CSC[C@@H](COC(C)=O)OC(C)=O)C(=O)NCCOCCOCCOCCC(=O)O. The first-order valence-electron chi connectivity index (χ1n) is 18.1. The summed E-state index contributed by atoms with van der Waals surface area (Å²) in [6.45, 7) is 6.53. The quantitative estimate of drug-likeness (QED) is 0.0602. The summed E-state index contributed by atoms with van der Waals surface area (Å²) in [5.41, 5.74) is 0. The number of unbranched alkanes of at least 4 members (excludes halogenated alkanes) is 12. The fraction of sp³-hybridized carbons (Fsp3) is 0.857. The standard InChI is InChI=1S/C35H64N2O11S/c1-4-5-6-7-8-9-10-11-12-13-14-15-16-17-33(40)37-32(28-49-27-31(48-30(3)39)26-47-29(2)38)35(43)36-19-21-45-23-25-46-24-22-44-20-18-34(41)42/h31-32H,4-28H2,1-3H3,(H,36,43)(H,37,40)(H,41,42)/t31-,32+/m1/s1. The molecule has 0 aromatic heterocycles. The van der Waals surface area contributed by atoms with Crippen LogP contribution in [0.1, 0.15) is 117 Å². The Morgan fingerprint density at radius 2 is 1.18 bits per heavy atom. The van der Waals surface area contributed by atoms with E-state index in [4.69, 9.17) is 28.8 Å². The zero-order valence-electron chi connectivity index (χ0n) is 30.3. The average molecular weight is 721 g/mol. The zero-order chi connectivity index (χ0) is 36.4. The number of aliphatic carboxylic acids is 1. The summed E-state index contributed by atoms with van der Waals surface area (Å²) in [6.07, 6.45) is 15.4. The highest BCUT2D eigenvalue weighted by atomic mass is 32.2. The first-order chi connectivity index (χ1) is 23.6. The van der Waals surface area contributed by atoms with Crippen LogP contribution >= 0.6 is 11.8 Å².